The Balaban J connectivity index is 2.86. The molecule has 0 heterocycles. The summed E-state index contributed by atoms with van der Waals surface area (Å²) in [7, 11) is -3.52. The van der Waals surface area contributed by atoms with Crippen molar-refractivity contribution in [1.29, 1.82) is 0 Å². The maximum atomic E-state index is 12.1. The van der Waals surface area contributed by atoms with Gasteiger partial charge in [0.2, 0.25) is 10.0 Å². The first-order valence-corrected chi connectivity index (χ1v) is 8.04. The minimum atomic E-state index is -3.52. The molecule has 0 saturated carbocycles. The zero-order valence-electron chi connectivity index (χ0n) is 10.5. The molecule has 0 amide bonds. The first-order valence-electron chi connectivity index (χ1n) is 5.76. The number of sulfonamides is 1. The summed E-state index contributed by atoms with van der Waals surface area (Å²) in [5, 5.41) is 8.72. The van der Waals surface area contributed by atoms with Gasteiger partial charge >= 0.3 is 0 Å². The van der Waals surface area contributed by atoms with Crippen LogP contribution >= 0.6 is 15.9 Å². The van der Waals surface area contributed by atoms with Crippen LogP contribution in [0.25, 0.3) is 0 Å². The third-order valence-electron chi connectivity index (χ3n) is 2.53. The number of aryl methyl sites for hydroxylation is 1. The monoisotopic (exact) mass is 335 g/mol. The van der Waals surface area contributed by atoms with E-state index in [-0.39, 0.29) is 17.5 Å². The van der Waals surface area contributed by atoms with Crippen molar-refractivity contribution in [3.63, 3.8) is 0 Å². The fourth-order valence-electron chi connectivity index (χ4n) is 1.61. The minimum absolute atomic E-state index is 0.0697. The molecular weight excluding hydrogens is 318 g/mol. The third-order valence-corrected chi connectivity index (χ3v) is 5.09. The Bertz CT molecular complexity index is 502. The Morgan fingerprint density at radius 1 is 1.44 bits per heavy atom. The molecule has 0 radical (unpaired) electrons. The van der Waals surface area contributed by atoms with Gasteiger partial charge < -0.3 is 5.11 Å². The molecule has 0 aliphatic heterocycles. The predicted octanol–water partition coefficient (Wildman–Crippen LogP) is 2.20. The summed E-state index contributed by atoms with van der Waals surface area (Å²) in [6.07, 6.45) is 1.19. The first kappa shape index (κ1) is 15.6. The molecule has 1 aromatic rings. The van der Waals surface area contributed by atoms with Crippen LogP contribution in [0.1, 0.15) is 25.3 Å². The second kappa shape index (κ2) is 6.65. The van der Waals surface area contributed by atoms with Crippen molar-refractivity contribution in [2.75, 3.05) is 6.61 Å². The Morgan fingerprint density at radius 3 is 2.67 bits per heavy atom. The lowest BCUT2D eigenvalue weighted by Crippen LogP contribution is -2.32. The lowest BCUT2D eigenvalue weighted by Gasteiger charge is -2.14. The Labute approximate surface area is 117 Å². The summed E-state index contributed by atoms with van der Waals surface area (Å²) >= 11 is 3.27. The molecule has 1 atom stereocenters. The van der Waals surface area contributed by atoms with Crippen molar-refractivity contribution in [1.82, 2.24) is 4.72 Å². The normalized spacial score (nSPS) is 13.6. The highest BCUT2D eigenvalue weighted by Gasteiger charge is 2.19. The van der Waals surface area contributed by atoms with E-state index in [0.717, 1.165) is 5.56 Å². The SMILES string of the molecule is Cc1ccc(S(=O)(=O)NC(C)CCCO)c(Br)c1. The highest BCUT2D eigenvalue weighted by Crippen LogP contribution is 2.23. The average Bonchev–Trinajstić information content (AvgIpc) is 2.25. The molecule has 6 heteroatoms. The van der Waals surface area contributed by atoms with E-state index in [0.29, 0.717) is 17.3 Å². The van der Waals surface area contributed by atoms with Gasteiger partial charge in [-0.2, -0.15) is 0 Å². The van der Waals surface area contributed by atoms with Gasteiger partial charge in [-0.1, -0.05) is 6.07 Å². The topological polar surface area (TPSA) is 66.4 Å². The molecule has 0 bridgehead atoms. The third kappa shape index (κ3) is 4.35. The zero-order valence-corrected chi connectivity index (χ0v) is 12.9. The van der Waals surface area contributed by atoms with Gasteiger partial charge in [0.15, 0.2) is 0 Å². The van der Waals surface area contributed by atoms with Crippen LogP contribution in [0.15, 0.2) is 27.6 Å². The van der Waals surface area contributed by atoms with Crippen LogP contribution in [-0.2, 0) is 10.0 Å². The summed E-state index contributed by atoms with van der Waals surface area (Å²) in [6, 6.07) is 4.92. The second-order valence-corrected chi connectivity index (χ2v) is 6.86. The van der Waals surface area contributed by atoms with E-state index in [1.807, 2.05) is 6.92 Å². The van der Waals surface area contributed by atoms with Gasteiger partial charge in [-0.05, 0) is 60.3 Å². The van der Waals surface area contributed by atoms with Crippen molar-refractivity contribution >= 4 is 26.0 Å². The Morgan fingerprint density at radius 2 is 2.11 bits per heavy atom. The van der Waals surface area contributed by atoms with Gasteiger partial charge in [0.1, 0.15) is 0 Å². The molecule has 4 nitrogen and oxygen atoms in total. The van der Waals surface area contributed by atoms with Crippen LogP contribution in [0, 0.1) is 6.92 Å². The van der Waals surface area contributed by atoms with Crippen LogP contribution < -0.4 is 4.72 Å². The van der Waals surface area contributed by atoms with Crippen molar-refractivity contribution in [3.05, 3.63) is 28.2 Å². The van der Waals surface area contributed by atoms with Crippen molar-refractivity contribution in [2.24, 2.45) is 0 Å². The van der Waals surface area contributed by atoms with E-state index >= 15 is 0 Å². The standard InChI is InChI=1S/C12H18BrNO3S/c1-9-5-6-12(11(13)8-9)18(16,17)14-10(2)4-3-7-15/h5-6,8,10,14-15H,3-4,7H2,1-2H3. The summed E-state index contributed by atoms with van der Waals surface area (Å²) in [6.45, 7) is 3.76. The van der Waals surface area contributed by atoms with E-state index < -0.39 is 10.0 Å². The molecule has 18 heavy (non-hydrogen) atoms. The average molecular weight is 336 g/mol. The molecule has 102 valence electrons. The highest BCUT2D eigenvalue weighted by atomic mass is 79.9. The van der Waals surface area contributed by atoms with E-state index in [1.165, 1.54) is 0 Å². The van der Waals surface area contributed by atoms with Gasteiger partial charge in [0.25, 0.3) is 0 Å². The van der Waals surface area contributed by atoms with Crippen LogP contribution in [0.4, 0.5) is 0 Å². The van der Waals surface area contributed by atoms with E-state index in [9.17, 15) is 8.42 Å². The van der Waals surface area contributed by atoms with E-state index in [2.05, 4.69) is 20.7 Å². The van der Waals surface area contributed by atoms with Crippen LogP contribution in [0.3, 0.4) is 0 Å². The predicted molar refractivity (Wildman–Crippen MR) is 75.0 cm³/mol. The van der Waals surface area contributed by atoms with Crippen LogP contribution in [0.5, 0.6) is 0 Å². The van der Waals surface area contributed by atoms with Crippen molar-refractivity contribution < 1.29 is 13.5 Å². The smallest absolute Gasteiger partial charge is 0.241 e. The van der Waals surface area contributed by atoms with Gasteiger partial charge in [-0.25, -0.2) is 13.1 Å². The number of aliphatic hydroxyl groups excluding tert-OH is 1. The number of hydrogen-bond donors (Lipinski definition) is 2. The molecule has 1 aromatic carbocycles. The number of hydrogen-bond acceptors (Lipinski definition) is 3. The van der Waals surface area contributed by atoms with Crippen LogP contribution in [-0.4, -0.2) is 26.2 Å². The number of aliphatic hydroxyl groups is 1. The molecule has 1 unspecified atom stereocenters. The lowest BCUT2D eigenvalue weighted by atomic mass is 10.2. The van der Waals surface area contributed by atoms with Crippen molar-refractivity contribution in [2.45, 2.75) is 37.6 Å². The summed E-state index contributed by atoms with van der Waals surface area (Å²) in [4.78, 5) is 0.240. The van der Waals surface area contributed by atoms with Gasteiger partial charge in [0, 0.05) is 17.1 Å². The van der Waals surface area contributed by atoms with E-state index in [4.69, 9.17) is 5.11 Å². The highest BCUT2D eigenvalue weighted by molar-refractivity contribution is 9.10. The molecule has 0 aliphatic rings. The number of benzene rings is 1. The van der Waals surface area contributed by atoms with Gasteiger partial charge in [-0.15, -0.1) is 0 Å². The summed E-state index contributed by atoms with van der Waals surface area (Å²) in [5.74, 6) is 0. The Kier molecular flexibility index (Phi) is 5.78. The zero-order chi connectivity index (χ0) is 13.8. The molecule has 0 saturated heterocycles. The molecule has 0 aromatic heterocycles. The number of halogens is 1. The molecular formula is C12H18BrNO3S. The first-order chi connectivity index (χ1) is 8.36. The lowest BCUT2D eigenvalue weighted by molar-refractivity contribution is 0.279. The Hall–Kier alpha value is -0.430. The molecule has 0 fully saturated rings. The van der Waals surface area contributed by atoms with Crippen molar-refractivity contribution in [3.8, 4) is 0 Å². The fourth-order valence-corrected chi connectivity index (χ4v) is 4.08. The quantitative estimate of drug-likeness (QED) is 0.837. The maximum Gasteiger partial charge on any atom is 0.241 e. The number of rotatable bonds is 6. The van der Waals surface area contributed by atoms with Crippen LogP contribution in [0.2, 0.25) is 0 Å². The summed E-state index contributed by atoms with van der Waals surface area (Å²) < 4.78 is 27.4. The molecule has 1 rings (SSSR count). The molecule has 2 N–H and O–H groups in total. The number of nitrogens with one attached hydrogen (secondary N) is 1. The second-order valence-electron chi connectivity index (χ2n) is 4.32. The van der Waals surface area contributed by atoms with E-state index in [1.54, 1.807) is 25.1 Å². The minimum Gasteiger partial charge on any atom is -0.396 e. The molecule has 0 aliphatic carbocycles. The molecule has 0 spiro atoms. The fraction of sp³-hybridized carbons (Fsp3) is 0.500. The maximum absolute atomic E-state index is 12.1. The van der Waals surface area contributed by atoms with Gasteiger partial charge in [-0.3, -0.25) is 0 Å². The summed E-state index contributed by atoms with van der Waals surface area (Å²) in [5.41, 5.74) is 0.995. The van der Waals surface area contributed by atoms with Gasteiger partial charge in [0.05, 0.1) is 4.90 Å². The largest absolute Gasteiger partial charge is 0.396 e.